The quantitative estimate of drug-likeness (QED) is 0.348. The van der Waals surface area contributed by atoms with Crippen LogP contribution in [0.4, 0.5) is 0 Å². The molecule has 0 spiro atoms. The molecule has 2 atom stereocenters. The minimum absolute atomic E-state index is 0.139. The molecule has 5 rings (SSSR count). The van der Waals surface area contributed by atoms with Crippen molar-refractivity contribution in [3.05, 3.63) is 88.4 Å². The number of hydrogen-bond donors (Lipinski definition) is 1. The van der Waals surface area contributed by atoms with Crippen molar-refractivity contribution >= 4 is 33.5 Å². The number of aromatic nitrogens is 3. The second kappa shape index (κ2) is 9.90. The maximum Gasteiger partial charge on any atom is 0.261 e. The summed E-state index contributed by atoms with van der Waals surface area (Å²) in [5, 5.41) is 13.0. The number of hydrogen-bond acceptors (Lipinski definition) is 6. The first kappa shape index (κ1) is 23.1. The predicted molar refractivity (Wildman–Crippen MR) is 139 cm³/mol. The van der Waals surface area contributed by atoms with Gasteiger partial charge in [0.25, 0.3) is 5.56 Å². The van der Waals surface area contributed by atoms with Crippen LogP contribution in [0.5, 0.6) is 0 Å². The Kier molecular flexibility index (Phi) is 6.53. The van der Waals surface area contributed by atoms with E-state index in [0.29, 0.717) is 30.4 Å². The summed E-state index contributed by atoms with van der Waals surface area (Å²) in [6, 6.07) is 13.7. The highest BCUT2D eigenvalue weighted by atomic mass is 16.5. The first-order valence-corrected chi connectivity index (χ1v) is 11.8. The first-order valence-electron chi connectivity index (χ1n) is 11.8. The van der Waals surface area contributed by atoms with Crippen molar-refractivity contribution in [1.82, 2.24) is 14.5 Å². The van der Waals surface area contributed by atoms with Crippen LogP contribution in [0, 0.1) is 0 Å². The minimum Gasteiger partial charge on any atom is -0.389 e. The number of allylic oxidation sites excluding steroid dienone is 1. The van der Waals surface area contributed by atoms with Gasteiger partial charge < -0.3 is 9.84 Å². The van der Waals surface area contributed by atoms with E-state index in [0.717, 1.165) is 33.2 Å². The summed E-state index contributed by atoms with van der Waals surface area (Å²) < 4.78 is 6.92. The Morgan fingerprint density at radius 1 is 1.20 bits per heavy atom. The maximum atomic E-state index is 13.6. The third-order valence-electron chi connectivity index (χ3n) is 6.57. The summed E-state index contributed by atoms with van der Waals surface area (Å²) in [7, 11) is 0. The molecule has 0 saturated carbocycles. The van der Waals surface area contributed by atoms with Crippen molar-refractivity contribution in [2.75, 3.05) is 13.2 Å². The van der Waals surface area contributed by atoms with Crippen LogP contribution in [0.1, 0.15) is 43.1 Å². The molecule has 1 N–H and O–H groups in total. The summed E-state index contributed by atoms with van der Waals surface area (Å²) in [6.07, 6.45) is 7.41. The lowest BCUT2D eigenvalue weighted by atomic mass is 9.95. The maximum absolute atomic E-state index is 13.6. The van der Waals surface area contributed by atoms with Crippen LogP contribution in [0.25, 0.3) is 27.2 Å². The molecule has 0 bridgehead atoms. The fourth-order valence-electron chi connectivity index (χ4n) is 4.74. The summed E-state index contributed by atoms with van der Waals surface area (Å²) in [5.74, 6) is 0. The summed E-state index contributed by atoms with van der Waals surface area (Å²) in [6.45, 7) is 4.60. The zero-order chi connectivity index (χ0) is 24.4. The molecule has 35 heavy (non-hydrogen) atoms. The Hall–Kier alpha value is -3.68. The third-order valence-corrected chi connectivity index (χ3v) is 6.57. The lowest BCUT2D eigenvalue weighted by Crippen LogP contribution is -2.39. The van der Waals surface area contributed by atoms with Crippen LogP contribution in [0.3, 0.4) is 0 Å². The fraction of sp³-hybridized carbons (Fsp3) is 0.286. The Labute approximate surface area is 203 Å². The number of nitrogens with zero attached hydrogens (tertiary/aromatic N) is 4. The van der Waals surface area contributed by atoms with Gasteiger partial charge in [-0.3, -0.25) is 19.3 Å². The van der Waals surface area contributed by atoms with Crippen molar-refractivity contribution in [2.24, 2.45) is 4.99 Å². The van der Waals surface area contributed by atoms with Crippen LogP contribution in [0.15, 0.2) is 71.0 Å². The van der Waals surface area contributed by atoms with Crippen LogP contribution in [-0.4, -0.2) is 45.2 Å². The van der Waals surface area contributed by atoms with Crippen LogP contribution >= 0.6 is 0 Å². The zero-order valence-corrected chi connectivity index (χ0v) is 19.9. The SMILES string of the molecule is C/C=N\C=C(/C)c1cc(Cc2cc3c(=O)n([C@H]4CCOC[C@@H]4O)cnc3c3ccccc23)ccn1. The predicted octanol–water partition coefficient (Wildman–Crippen LogP) is 4.31. The molecule has 4 aromatic rings. The molecule has 7 heteroatoms. The molecule has 1 aliphatic heterocycles. The first-order chi connectivity index (χ1) is 17.1. The molecule has 2 aromatic heterocycles. The van der Waals surface area contributed by atoms with Gasteiger partial charge in [-0.2, -0.15) is 0 Å². The van der Waals surface area contributed by atoms with E-state index in [4.69, 9.17) is 4.74 Å². The standard InChI is InChI=1S/C28H28N4O3/c1-3-29-15-18(2)24-13-19(8-10-30-24)12-20-14-23-27(22-7-5-4-6-21(20)22)31-17-32(28(23)34)25-9-11-35-16-26(25)33/h3-8,10,13-15,17,25-26,33H,9,11-12,16H2,1-2H3/b18-15+,29-3-/t25-,26-/m0/s1. The molecule has 7 nitrogen and oxygen atoms in total. The molecular formula is C28H28N4O3. The van der Waals surface area contributed by atoms with E-state index in [2.05, 4.69) is 27.1 Å². The highest BCUT2D eigenvalue weighted by Crippen LogP contribution is 2.29. The van der Waals surface area contributed by atoms with E-state index >= 15 is 0 Å². The van der Waals surface area contributed by atoms with Gasteiger partial charge in [0.15, 0.2) is 0 Å². The van der Waals surface area contributed by atoms with Crippen molar-refractivity contribution in [1.29, 1.82) is 0 Å². The average molecular weight is 469 g/mol. The Morgan fingerprint density at radius 3 is 2.83 bits per heavy atom. The topological polar surface area (TPSA) is 89.6 Å². The Morgan fingerprint density at radius 2 is 2.03 bits per heavy atom. The van der Waals surface area contributed by atoms with Gasteiger partial charge in [0.2, 0.25) is 0 Å². The zero-order valence-electron chi connectivity index (χ0n) is 19.9. The number of aliphatic hydroxyl groups excluding tert-OH is 1. The normalized spacial score (nSPS) is 19.1. The van der Waals surface area contributed by atoms with E-state index in [-0.39, 0.29) is 18.2 Å². The van der Waals surface area contributed by atoms with Gasteiger partial charge >= 0.3 is 0 Å². The molecule has 2 aromatic carbocycles. The van der Waals surface area contributed by atoms with Gasteiger partial charge in [-0.1, -0.05) is 24.3 Å². The second-order valence-electron chi connectivity index (χ2n) is 8.88. The number of aliphatic hydroxyl groups is 1. The van der Waals surface area contributed by atoms with Crippen LogP contribution in [0.2, 0.25) is 0 Å². The molecule has 178 valence electrons. The van der Waals surface area contributed by atoms with Crippen molar-refractivity contribution in [3.63, 3.8) is 0 Å². The number of ether oxygens (including phenoxy) is 1. The van der Waals surface area contributed by atoms with Crippen molar-refractivity contribution < 1.29 is 9.84 Å². The van der Waals surface area contributed by atoms with Gasteiger partial charge in [0.05, 0.1) is 41.7 Å². The van der Waals surface area contributed by atoms with E-state index < -0.39 is 6.10 Å². The number of benzene rings is 2. The number of fused-ring (bicyclic) bond motifs is 3. The third kappa shape index (κ3) is 4.52. The van der Waals surface area contributed by atoms with Gasteiger partial charge in [0.1, 0.15) is 0 Å². The lowest BCUT2D eigenvalue weighted by Gasteiger charge is -2.29. The number of aliphatic imine (C=N–C) groups is 1. The molecule has 0 amide bonds. The highest BCUT2D eigenvalue weighted by molar-refractivity contribution is 6.06. The molecule has 3 heterocycles. The van der Waals surface area contributed by atoms with E-state index in [1.165, 1.54) is 0 Å². The average Bonchev–Trinajstić information content (AvgIpc) is 2.89. The number of pyridine rings is 1. The summed E-state index contributed by atoms with van der Waals surface area (Å²) in [5.41, 5.74) is 4.53. The molecule has 0 radical (unpaired) electrons. The molecule has 1 fully saturated rings. The van der Waals surface area contributed by atoms with Crippen molar-refractivity contribution in [2.45, 2.75) is 38.8 Å². The van der Waals surface area contributed by atoms with E-state index in [9.17, 15) is 9.90 Å². The smallest absolute Gasteiger partial charge is 0.261 e. The van der Waals surface area contributed by atoms with Crippen LogP contribution in [-0.2, 0) is 11.2 Å². The van der Waals surface area contributed by atoms with Gasteiger partial charge in [-0.25, -0.2) is 4.98 Å². The van der Waals surface area contributed by atoms with Crippen molar-refractivity contribution in [3.8, 4) is 0 Å². The van der Waals surface area contributed by atoms with E-state index in [1.807, 2.05) is 50.4 Å². The lowest BCUT2D eigenvalue weighted by molar-refractivity contribution is -0.0395. The molecule has 0 unspecified atom stereocenters. The molecule has 0 aliphatic carbocycles. The minimum atomic E-state index is -0.732. The molecule has 1 saturated heterocycles. The van der Waals surface area contributed by atoms with E-state index in [1.54, 1.807) is 23.3 Å². The van der Waals surface area contributed by atoms with Gasteiger partial charge in [-0.05, 0) is 67.0 Å². The Balaban J connectivity index is 1.63. The fourth-order valence-corrected chi connectivity index (χ4v) is 4.74. The molecular weight excluding hydrogens is 440 g/mol. The van der Waals surface area contributed by atoms with Crippen LogP contribution < -0.4 is 5.56 Å². The highest BCUT2D eigenvalue weighted by Gasteiger charge is 2.27. The van der Waals surface area contributed by atoms with Gasteiger partial charge in [0, 0.05) is 30.6 Å². The summed E-state index contributed by atoms with van der Waals surface area (Å²) in [4.78, 5) is 27.0. The molecule has 1 aliphatic rings. The van der Waals surface area contributed by atoms with Gasteiger partial charge in [-0.15, -0.1) is 0 Å². The largest absolute Gasteiger partial charge is 0.389 e. The second-order valence-corrected chi connectivity index (χ2v) is 8.88. The summed E-state index contributed by atoms with van der Waals surface area (Å²) >= 11 is 0. The number of rotatable bonds is 5. The monoisotopic (exact) mass is 468 g/mol. The Bertz CT molecular complexity index is 1510.